The van der Waals surface area contributed by atoms with Crippen LogP contribution in [0.3, 0.4) is 0 Å². The van der Waals surface area contributed by atoms with Crippen LogP contribution in [0, 0.1) is 0 Å². The number of aromatic nitrogens is 4. The van der Waals surface area contributed by atoms with Crippen molar-refractivity contribution in [2.75, 3.05) is 31.1 Å². The second-order valence-corrected chi connectivity index (χ2v) is 9.70. The molecule has 0 atom stereocenters. The molecule has 0 bridgehead atoms. The SMILES string of the molecule is Cn1c(=O)c2c(nc(N3CCN(Cc4ccccc4)CC3)n2Cc2cc(Cl)ccc2Cl)n(C)c1=O. The van der Waals surface area contributed by atoms with Crippen LogP contribution in [0.5, 0.6) is 0 Å². The van der Waals surface area contributed by atoms with Crippen molar-refractivity contribution in [1.82, 2.24) is 23.6 Å². The molecule has 8 nitrogen and oxygen atoms in total. The molecule has 0 saturated carbocycles. The number of fused-ring (bicyclic) bond motifs is 1. The van der Waals surface area contributed by atoms with Gasteiger partial charge in [0.25, 0.3) is 5.56 Å². The Kier molecular flexibility index (Phi) is 6.44. The molecule has 0 spiro atoms. The summed E-state index contributed by atoms with van der Waals surface area (Å²) in [5, 5.41) is 1.11. The average molecular weight is 513 g/mol. The normalized spacial score (nSPS) is 14.7. The van der Waals surface area contributed by atoms with Crippen molar-refractivity contribution >= 4 is 40.3 Å². The lowest BCUT2D eigenvalue weighted by Crippen LogP contribution is -2.47. The number of imidazole rings is 1. The molecule has 182 valence electrons. The summed E-state index contributed by atoms with van der Waals surface area (Å²) >= 11 is 12.7. The highest BCUT2D eigenvalue weighted by molar-refractivity contribution is 6.33. The molecule has 0 N–H and O–H groups in total. The fourth-order valence-electron chi connectivity index (χ4n) is 4.61. The minimum atomic E-state index is -0.410. The van der Waals surface area contributed by atoms with Crippen molar-refractivity contribution in [3.8, 4) is 0 Å². The van der Waals surface area contributed by atoms with Gasteiger partial charge in [-0.15, -0.1) is 0 Å². The van der Waals surface area contributed by atoms with Crippen molar-refractivity contribution in [3.63, 3.8) is 0 Å². The van der Waals surface area contributed by atoms with Gasteiger partial charge >= 0.3 is 5.69 Å². The van der Waals surface area contributed by atoms with Gasteiger partial charge in [-0.25, -0.2) is 4.79 Å². The highest BCUT2D eigenvalue weighted by atomic mass is 35.5. The molecule has 1 saturated heterocycles. The van der Waals surface area contributed by atoms with Crippen molar-refractivity contribution < 1.29 is 0 Å². The first-order valence-corrected chi connectivity index (χ1v) is 12.2. The van der Waals surface area contributed by atoms with E-state index in [2.05, 4.69) is 34.1 Å². The Bertz CT molecular complexity index is 1500. The fourth-order valence-corrected chi connectivity index (χ4v) is 4.98. The molecule has 35 heavy (non-hydrogen) atoms. The van der Waals surface area contributed by atoms with Crippen molar-refractivity contribution in [2.45, 2.75) is 13.1 Å². The smallest absolute Gasteiger partial charge is 0.332 e. The summed E-state index contributed by atoms with van der Waals surface area (Å²) in [6.45, 7) is 4.39. The third-order valence-corrected chi connectivity index (χ3v) is 7.17. The topological polar surface area (TPSA) is 68.3 Å². The van der Waals surface area contributed by atoms with E-state index in [-0.39, 0.29) is 5.56 Å². The summed E-state index contributed by atoms with van der Waals surface area (Å²) in [6, 6.07) is 15.7. The van der Waals surface area contributed by atoms with Gasteiger partial charge < -0.3 is 4.90 Å². The average Bonchev–Trinajstić information content (AvgIpc) is 3.24. The zero-order valence-electron chi connectivity index (χ0n) is 19.6. The maximum atomic E-state index is 13.2. The minimum absolute atomic E-state index is 0.308. The van der Waals surface area contributed by atoms with E-state index in [1.54, 1.807) is 25.2 Å². The number of hydrogen-bond donors (Lipinski definition) is 0. The van der Waals surface area contributed by atoms with E-state index in [9.17, 15) is 9.59 Å². The maximum absolute atomic E-state index is 13.2. The molecule has 0 radical (unpaired) electrons. The zero-order valence-corrected chi connectivity index (χ0v) is 21.1. The molecule has 1 aliphatic rings. The lowest BCUT2D eigenvalue weighted by atomic mass is 10.2. The van der Waals surface area contributed by atoms with Crippen LogP contribution < -0.4 is 16.1 Å². The van der Waals surface area contributed by atoms with Crippen LogP contribution >= 0.6 is 23.2 Å². The van der Waals surface area contributed by atoms with E-state index >= 15 is 0 Å². The molecular weight excluding hydrogens is 487 g/mol. The molecule has 0 aliphatic carbocycles. The van der Waals surface area contributed by atoms with Gasteiger partial charge in [-0.1, -0.05) is 53.5 Å². The molecule has 2 aromatic heterocycles. The van der Waals surface area contributed by atoms with Crippen LogP contribution in [0.25, 0.3) is 11.2 Å². The Balaban J connectivity index is 1.53. The van der Waals surface area contributed by atoms with Crippen molar-refractivity contribution in [2.24, 2.45) is 14.1 Å². The predicted octanol–water partition coefficient (Wildman–Crippen LogP) is 3.11. The lowest BCUT2D eigenvalue weighted by molar-refractivity contribution is 0.248. The molecule has 2 aromatic carbocycles. The van der Waals surface area contributed by atoms with Crippen LogP contribution in [-0.2, 0) is 27.2 Å². The molecule has 1 aliphatic heterocycles. The van der Waals surface area contributed by atoms with E-state index in [0.717, 1.165) is 42.9 Å². The number of aryl methyl sites for hydroxylation is 1. The van der Waals surface area contributed by atoms with Gasteiger partial charge in [0.2, 0.25) is 5.95 Å². The Morgan fingerprint density at radius 3 is 2.31 bits per heavy atom. The Morgan fingerprint density at radius 2 is 1.60 bits per heavy atom. The van der Waals surface area contributed by atoms with E-state index < -0.39 is 5.69 Å². The van der Waals surface area contributed by atoms with Crippen LogP contribution in [-0.4, -0.2) is 49.8 Å². The quantitative estimate of drug-likeness (QED) is 0.411. The van der Waals surface area contributed by atoms with Gasteiger partial charge in [0.1, 0.15) is 0 Å². The van der Waals surface area contributed by atoms with Gasteiger partial charge in [-0.3, -0.25) is 23.4 Å². The molecule has 3 heterocycles. The van der Waals surface area contributed by atoms with Crippen LogP contribution in [0.2, 0.25) is 10.0 Å². The second-order valence-electron chi connectivity index (χ2n) is 8.86. The van der Waals surface area contributed by atoms with Gasteiger partial charge in [-0.2, -0.15) is 4.98 Å². The number of rotatable bonds is 5. The third kappa shape index (κ3) is 4.49. The molecule has 1 fully saturated rings. The van der Waals surface area contributed by atoms with E-state index in [1.807, 2.05) is 10.6 Å². The standard InChI is InChI=1S/C25H26Cl2N6O2/c1-29-22-21(23(34)30(2)25(29)35)33(16-18-14-19(26)8-9-20(18)27)24(28-22)32-12-10-31(11-13-32)15-17-6-4-3-5-7-17/h3-9,14H,10-13,15-16H2,1-2H3. The third-order valence-electron chi connectivity index (χ3n) is 6.57. The Morgan fingerprint density at radius 1 is 0.886 bits per heavy atom. The number of anilines is 1. The monoisotopic (exact) mass is 512 g/mol. The summed E-state index contributed by atoms with van der Waals surface area (Å²) in [6.07, 6.45) is 0. The van der Waals surface area contributed by atoms with Gasteiger partial charge in [0, 0.05) is 56.9 Å². The van der Waals surface area contributed by atoms with Crippen LogP contribution in [0.15, 0.2) is 58.1 Å². The lowest BCUT2D eigenvalue weighted by Gasteiger charge is -2.35. The number of benzene rings is 2. The molecule has 5 rings (SSSR count). The number of hydrogen-bond acceptors (Lipinski definition) is 5. The first kappa shape index (κ1) is 23.7. The van der Waals surface area contributed by atoms with Gasteiger partial charge in [0.05, 0.1) is 6.54 Å². The molecule has 10 heteroatoms. The highest BCUT2D eigenvalue weighted by Crippen LogP contribution is 2.27. The maximum Gasteiger partial charge on any atom is 0.332 e. The highest BCUT2D eigenvalue weighted by Gasteiger charge is 2.26. The Hall–Kier alpha value is -3.07. The molecule has 0 amide bonds. The van der Waals surface area contributed by atoms with Crippen molar-refractivity contribution in [1.29, 1.82) is 0 Å². The van der Waals surface area contributed by atoms with Crippen LogP contribution in [0.4, 0.5) is 5.95 Å². The number of halogens is 2. The minimum Gasteiger partial charge on any atom is -0.340 e. The zero-order chi connectivity index (χ0) is 24.7. The van der Waals surface area contributed by atoms with Crippen LogP contribution in [0.1, 0.15) is 11.1 Å². The first-order valence-electron chi connectivity index (χ1n) is 11.4. The molecule has 4 aromatic rings. The van der Waals surface area contributed by atoms with E-state index in [4.69, 9.17) is 28.2 Å². The summed E-state index contributed by atoms with van der Waals surface area (Å²) in [5.41, 5.74) is 1.99. The molecule has 0 unspecified atom stereocenters. The van der Waals surface area contributed by atoms with Crippen molar-refractivity contribution in [3.05, 3.63) is 90.5 Å². The van der Waals surface area contributed by atoms with Gasteiger partial charge in [0.15, 0.2) is 11.2 Å². The number of nitrogens with zero attached hydrogens (tertiary/aromatic N) is 6. The predicted molar refractivity (Wildman–Crippen MR) is 140 cm³/mol. The summed E-state index contributed by atoms with van der Waals surface area (Å²) in [7, 11) is 3.12. The number of piperazine rings is 1. The van der Waals surface area contributed by atoms with E-state index in [0.29, 0.717) is 33.7 Å². The summed E-state index contributed by atoms with van der Waals surface area (Å²) in [4.78, 5) is 35.2. The summed E-state index contributed by atoms with van der Waals surface area (Å²) < 4.78 is 4.39. The summed E-state index contributed by atoms with van der Waals surface area (Å²) in [5.74, 6) is 0.647. The first-order chi connectivity index (χ1) is 16.8. The fraction of sp³-hybridized carbons (Fsp3) is 0.320. The largest absolute Gasteiger partial charge is 0.340 e. The van der Waals surface area contributed by atoms with Gasteiger partial charge in [-0.05, 0) is 29.3 Å². The molecular formula is C25H26Cl2N6O2. The van der Waals surface area contributed by atoms with E-state index in [1.165, 1.54) is 17.2 Å². The Labute approximate surface area is 212 Å². The second kappa shape index (κ2) is 9.53.